The molecule has 2 aliphatic rings. The number of carbonyl (C=O) groups is 3. The molecule has 4 rings (SSSR count). The van der Waals surface area contributed by atoms with E-state index in [1.807, 2.05) is 4.90 Å². The summed E-state index contributed by atoms with van der Waals surface area (Å²) in [6, 6.07) is 2.82. The van der Waals surface area contributed by atoms with Crippen molar-refractivity contribution in [1.29, 1.82) is 0 Å². The van der Waals surface area contributed by atoms with Gasteiger partial charge in [0.1, 0.15) is 11.4 Å². The zero-order valence-electron chi connectivity index (χ0n) is 17.7. The smallest absolute Gasteiger partial charge is 0.341 e. The Morgan fingerprint density at radius 2 is 1.81 bits per heavy atom. The molecule has 1 saturated heterocycles. The molecule has 1 aliphatic carbocycles. The molecule has 1 N–H and O–H groups in total. The second-order valence-corrected chi connectivity index (χ2v) is 8.08. The quantitative estimate of drug-likeness (QED) is 0.675. The van der Waals surface area contributed by atoms with Crippen LogP contribution in [0.3, 0.4) is 0 Å². The topological polar surface area (TPSA) is 109 Å². The average molecular weight is 445 g/mol. The second-order valence-electron chi connectivity index (χ2n) is 8.08. The van der Waals surface area contributed by atoms with Crippen LogP contribution >= 0.6 is 0 Å². The first-order valence-electron chi connectivity index (χ1n) is 10.5. The third-order valence-electron chi connectivity index (χ3n) is 6.02. The Bertz CT molecular complexity index is 1150. The van der Waals surface area contributed by atoms with Crippen molar-refractivity contribution in [3.63, 3.8) is 0 Å². The minimum atomic E-state index is -1.33. The highest BCUT2D eigenvalue weighted by Gasteiger charge is 2.29. The fourth-order valence-electron chi connectivity index (χ4n) is 4.07. The zero-order valence-corrected chi connectivity index (χ0v) is 17.7. The molecule has 0 spiro atoms. The lowest BCUT2D eigenvalue weighted by Gasteiger charge is -2.36. The highest BCUT2D eigenvalue weighted by molar-refractivity contribution is 5.93. The van der Waals surface area contributed by atoms with Crippen LogP contribution in [0.1, 0.15) is 42.1 Å². The van der Waals surface area contributed by atoms with Gasteiger partial charge in [-0.05, 0) is 25.0 Å². The Morgan fingerprint density at radius 3 is 2.41 bits per heavy atom. The Balaban J connectivity index is 1.57. The molecule has 0 unspecified atom stereocenters. The standard InChI is InChI=1S/C22H24FN3O6/c1-32-20(28)5-4-19(27)25-8-6-24(7-9-25)18-11-17-14(10-16(18)23)21(29)15(22(30)31)12-26(17)13-2-3-13/h10-13H,2-9H2,1H3,(H,30,31). The Morgan fingerprint density at radius 1 is 1.12 bits per heavy atom. The monoisotopic (exact) mass is 445 g/mol. The molecule has 1 aromatic heterocycles. The summed E-state index contributed by atoms with van der Waals surface area (Å²) in [7, 11) is 1.27. The third-order valence-corrected chi connectivity index (χ3v) is 6.02. The minimum absolute atomic E-state index is 0.0197. The lowest BCUT2D eigenvalue weighted by atomic mass is 10.1. The number of fused-ring (bicyclic) bond motifs is 1. The number of rotatable bonds is 6. The Hall–Kier alpha value is -3.43. The minimum Gasteiger partial charge on any atom is -0.477 e. The molecule has 10 heteroatoms. The Labute approximate surface area is 183 Å². The number of piperazine rings is 1. The van der Waals surface area contributed by atoms with E-state index in [1.165, 1.54) is 13.3 Å². The van der Waals surface area contributed by atoms with Crippen molar-refractivity contribution in [1.82, 2.24) is 9.47 Å². The lowest BCUT2D eigenvalue weighted by molar-refractivity contribution is -0.143. The molecule has 0 radical (unpaired) electrons. The van der Waals surface area contributed by atoms with Crippen LogP contribution in [-0.2, 0) is 14.3 Å². The van der Waals surface area contributed by atoms with Gasteiger partial charge in [0.05, 0.1) is 24.7 Å². The van der Waals surface area contributed by atoms with E-state index >= 15 is 4.39 Å². The van der Waals surface area contributed by atoms with Gasteiger partial charge in [0.25, 0.3) is 0 Å². The second kappa shape index (κ2) is 8.60. The number of aromatic nitrogens is 1. The molecule has 1 aliphatic heterocycles. The molecule has 32 heavy (non-hydrogen) atoms. The summed E-state index contributed by atoms with van der Waals surface area (Å²) < 4.78 is 21.3. The van der Waals surface area contributed by atoms with Gasteiger partial charge in [-0.15, -0.1) is 0 Å². The van der Waals surface area contributed by atoms with Gasteiger partial charge in [-0.25, -0.2) is 9.18 Å². The molecule has 1 saturated carbocycles. The molecular formula is C22H24FN3O6. The number of nitrogens with zero attached hydrogens (tertiary/aromatic N) is 3. The van der Waals surface area contributed by atoms with Crippen molar-refractivity contribution in [3.05, 3.63) is 39.9 Å². The van der Waals surface area contributed by atoms with Gasteiger partial charge in [-0.2, -0.15) is 0 Å². The predicted octanol–water partition coefficient (Wildman–Crippen LogP) is 1.78. The van der Waals surface area contributed by atoms with E-state index in [2.05, 4.69) is 4.74 Å². The molecular weight excluding hydrogens is 421 g/mol. The SMILES string of the molecule is COC(=O)CCC(=O)N1CCN(c2cc3c(cc2F)c(=O)c(C(=O)O)cn3C2CC2)CC1. The largest absolute Gasteiger partial charge is 0.477 e. The van der Waals surface area contributed by atoms with Crippen molar-refractivity contribution in [2.75, 3.05) is 38.2 Å². The normalized spacial score (nSPS) is 16.3. The number of benzene rings is 1. The number of halogens is 1. The average Bonchev–Trinajstić information content (AvgIpc) is 3.62. The zero-order chi connectivity index (χ0) is 23.0. The first-order valence-corrected chi connectivity index (χ1v) is 10.5. The number of aromatic carboxylic acids is 1. The van der Waals surface area contributed by atoms with E-state index in [0.29, 0.717) is 37.4 Å². The van der Waals surface area contributed by atoms with E-state index in [0.717, 1.165) is 18.9 Å². The Kier molecular flexibility index (Phi) is 5.86. The predicted molar refractivity (Wildman–Crippen MR) is 113 cm³/mol. The lowest BCUT2D eigenvalue weighted by Crippen LogP contribution is -2.49. The number of carbonyl (C=O) groups excluding carboxylic acids is 2. The van der Waals surface area contributed by atoms with Crippen molar-refractivity contribution in [2.24, 2.45) is 0 Å². The number of carboxylic acids is 1. The van der Waals surface area contributed by atoms with Crippen LogP contribution in [0.5, 0.6) is 0 Å². The van der Waals surface area contributed by atoms with Crippen LogP contribution in [0, 0.1) is 5.82 Å². The van der Waals surface area contributed by atoms with Gasteiger partial charge < -0.3 is 24.2 Å². The summed E-state index contributed by atoms with van der Waals surface area (Å²) in [5, 5.41) is 9.41. The number of anilines is 1. The van der Waals surface area contributed by atoms with Gasteiger partial charge in [0.2, 0.25) is 11.3 Å². The number of carboxylic acid groups (broad SMARTS) is 1. The van der Waals surface area contributed by atoms with Crippen molar-refractivity contribution in [2.45, 2.75) is 31.7 Å². The number of pyridine rings is 1. The van der Waals surface area contributed by atoms with E-state index in [1.54, 1.807) is 15.5 Å². The highest BCUT2D eigenvalue weighted by atomic mass is 19.1. The first kappa shape index (κ1) is 21.8. The molecule has 1 amide bonds. The first-order chi connectivity index (χ1) is 15.3. The summed E-state index contributed by atoms with van der Waals surface area (Å²) in [5.41, 5.74) is -0.238. The molecule has 9 nitrogen and oxygen atoms in total. The van der Waals surface area contributed by atoms with Crippen LogP contribution in [-0.4, -0.2) is 65.7 Å². The van der Waals surface area contributed by atoms with E-state index < -0.39 is 23.2 Å². The summed E-state index contributed by atoms with van der Waals surface area (Å²) in [5.74, 6) is -2.53. The van der Waals surface area contributed by atoms with Crippen molar-refractivity contribution >= 4 is 34.4 Å². The van der Waals surface area contributed by atoms with Crippen LogP contribution < -0.4 is 10.3 Å². The molecule has 1 aromatic carbocycles. The molecule has 0 bridgehead atoms. The number of esters is 1. The van der Waals surface area contributed by atoms with Crippen LogP contribution in [0.15, 0.2) is 23.1 Å². The number of hydrogen-bond acceptors (Lipinski definition) is 6. The number of ether oxygens (including phenoxy) is 1. The number of methoxy groups -OCH3 is 1. The highest BCUT2D eigenvalue weighted by Crippen LogP contribution is 2.38. The van der Waals surface area contributed by atoms with Gasteiger partial charge >= 0.3 is 11.9 Å². The van der Waals surface area contributed by atoms with Crippen LogP contribution in [0.2, 0.25) is 0 Å². The van der Waals surface area contributed by atoms with Crippen molar-refractivity contribution in [3.8, 4) is 0 Å². The number of amides is 1. The summed E-state index contributed by atoms with van der Waals surface area (Å²) in [6.45, 7) is 1.55. The maximum Gasteiger partial charge on any atom is 0.341 e. The molecule has 2 heterocycles. The maximum absolute atomic E-state index is 15.0. The van der Waals surface area contributed by atoms with Gasteiger partial charge in [-0.3, -0.25) is 14.4 Å². The fraction of sp³-hybridized carbons (Fsp3) is 0.455. The summed E-state index contributed by atoms with van der Waals surface area (Å²) in [4.78, 5) is 51.1. The van der Waals surface area contributed by atoms with Crippen LogP contribution in [0.25, 0.3) is 10.9 Å². The van der Waals surface area contributed by atoms with E-state index in [4.69, 9.17) is 0 Å². The molecule has 2 aromatic rings. The van der Waals surface area contributed by atoms with Crippen molar-refractivity contribution < 1.29 is 28.6 Å². The number of hydrogen-bond donors (Lipinski definition) is 1. The maximum atomic E-state index is 15.0. The summed E-state index contributed by atoms with van der Waals surface area (Å²) in [6.07, 6.45) is 3.18. The molecule has 2 fully saturated rings. The molecule has 0 atom stereocenters. The fourth-order valence-corrected chi connectivity index (χ4v) is 4.07. The summed E-state index contributed by atoms with van der Waals surface area (Å²) >= 11 is 0. The van der Waals surface area contributed by atoms with Gasteiger partial charge in [0, 0.05) is 50.2 Å². The molecule has 170 valence electrons. The third kappa shape index (κ3) is 4.17. The van der Waals surface area contributed by atoms with Gasteiger partial charge in [0.15, 0.2) is 0 Å². The van der Waals surface area contributed by atoms with Gasteiger partial charge in [-0.1, -0.05) is 0 Å². The van der Waals surface area contributed by atoms with E-state index in [-0.39, 0.29) is 35.7 Å². The van der Waals surface area contributed by atoms with E-state index in [9.17, 15) is 24.3 Å². The van der Waals surface area contributed by atoms with Crippen LogP contribution in [0.4, 0.5) is 10.1 Å².